The van der Waals surface area contributed by atoms with Gasteiger partial charge in [0.1, 0.15) is 11.8 Å². The highest BCUT2D eigenvalue weighted by Gasteiger charge is 2.13. The van der Waals surface area contributed by atoms with Crippen LogP contribution in [0.15, 0.2) is 33.3 Å². The van der Waals surface area contributed by atoms with Gasteiger partial charge < -0.3 is 9.53 Å². The molecule has 1 atom stereocenters. The summed E-state index contributed by atoms with van der Waals surface area (Å²) in [6.45, 7) is 2.47. The summed E-state index contributed by atoms with van der Waals surface area (Å²) in [4.78, 5) is 14.8. The molecule has 0 aliphatic rings. The summed E-state index contributed by atoms with van der Waals surface area (Å²) in [6, 6.07) is 5.82. The smallest absolute Gasteiger partial charge is 0.159 e. The first-order valence-corrected chi connectivity index (χ1v) is 7.51. The number of halogens is 2. The molecule has 5 heteroatoms. The van der Waals surface area contributed by atoms with E-state index in [4.69, 9.17) is 4.74 Å². The molecule has 100 valence electrons. The second-order valence-corrected chi connectivity index (χ2v) is 6.10. The van der Waals surface area contributed by atoms with Gasteiger partial charge in [-0.15, -0.1) is 0 Å². The summed E-state index contributed by atoms with van der Waals surface area (Å²) in [6.07, 6.45) is 3.16. The number of benzene rings is 1. The molecule has 1 aromatic carbocycles. The van der Waals surface area contributed by atoms with Gasteiger partial charge in [0.15, 0.2) is 5.75 Å². The zero-order valence-electron chi connectivity index (χ0n) is 10.4. The molecule has 0 saturated carbocycles. The number of rotatable bonds is 5. The van der Waals surface area contributed by atoms with Gasteiger partial charge in [-0.1, -0.05) is 28.9 Å². The standard InChI is InChI=1S/C14H13Br2NO2/c1-9(4-6-18)8-19-14-12(16)7-11(15)10-3-2-5-17-13(10)14/h2-3,5-7,9H,4,8H2,1H3. The lowest BCUT2D eigenvalue weighted by atomic mass is 10.1. The summed E-state index contributed by atoms with van der Waals surface area (Å²) >= 11 is 7.01. The number of fused-ring (bicyclic) bond motifs is 1. The molecule has 0 aliphatic carbocycles. The largest absolute Gasteiger partial charge is 0.490 e. The fraction of sp³-hybridized carbons (Fsp3) is 0.286. The van der Waals surface area contributed by atoms with Crippen LogP contribution in [0.1, 0.15) is 13.3 Å². The molecular formula is C14H13Br2NO2. The van der Waals surface area contributed by atoms with E-state index in [-0.39, 0.29) is 5.92 Å². The Bertz CT molecular complexity index is 601. The number of carbonyl (C=O) groups excluding carboxylic acids is 1. The first kappa shape index (κ1) is 14.5. The van der Waals surface area contributed by atoms with E-state index in [1.165, 1.54) is 0 Å². The zero-order valence-corrected chi connectivity index (χ0v) is 13.6. The second-order valence-electron chi connectivity index (χ2n) is 4.39. The Morgan fingerprint density at radius 3 is 2.95 bits per heavy atom. The molecule has 2 rings (SSSR count). The van der Waals surface area contributed by atoms with Crippen molar-refractivity contribution >= 4 is 49.0 Å². The van der Waals surface area contributed by atoms with Crippen LogP contribution < -0.4 is 4.74 Å². The molecule has 0 bridgehead atoms. The Morgan fingerprint density at radius 2 is 2.21 bits per heavy atom. The predicted octanol–water partition coefficient (Wildman–Crippen LogP) is 4.36. The molecule has 0 saturated heterocycles. The quantitative estimate of drug-likeness (QED) is 0.716. The van der Waals surface area contributed by atoms with E-state index in [2.05, 4.69) is 36.8 Å². The van der Waals surface area contributed by atoms with Crippen LogP contribution >= 0.6 is 31.9 Å². The van der Waals surface area contributed by atoms with E-state index >= 15 is 0 Å². The molecular weight excluding hydrogens is 374 g/mol. The average molecular weight is 387 g/mol. The minimum absolute atomic E-state index is 0.187. The minimum atomic E-state index is 0.187. The van der Waals surface area contributed by atoms with Crippen LogP contribution in [0.25, 0.3) is 10.9 Å². The van der Waals surface area contributed by atoms with E-state index in [9.17, 15) is 4.79 Å². The maximum Gasteiger partial charge on any atom is 0.159 e. The molecule has 0 aliphatic heterocycles. The van der Waals surface area contributed by atoms with Crippen LogP contribution in [0.3, 0.4) is 0 Å². The summed E-state index contributed by atoms with van der Waals surface area (Å²) in [7, 11) is 0. The minimum Gasteiger partial charge on any atom is -0.490 e. The Labute approximate surface area is 128 Å². The Kier molecular flexibility index (Phi) is 4.93. The van der Waals surface area contributed by atoms with E-state index in [0.717, 1.165) is 31.9 Å². The van der Waals surface area contributed by atoms with Gasteiger partial charge in [0, 0.05) is 22.5 Å². The van der Waals surface area contributed by atoms with Crippen LogP contribution in [0.2, 0.25) is 0 Å². The van der Waals surface area contributed by atoms with Crippen molar-refractivity contribution in [3.05, 3.63) is 33.3 Å². The van der Waals surface area contributed by atoms with Crippen LogP contribution in [-0.4, -0.2) is 17.9 Å². The van der Waals surface area contributed by atoms with Crippen molar-refractivity contribution in [1.29, 1.82) is 0 Å². The maximum absolute atomic E-state index is 10.5. The monoisotopic (exact) mass is 385 g/mol. The average Bonchev–Trinajstić information content (AvgIpc) is 2.39. The van der Waals surface area contributed by atoms with Crippen molar-refractivity contribution in [2.45, 2.75) is 13.3 Å². The van der Waals surface area contributed by atoms with Crippen LogP contribution in [-0.2, 0) is 4.79 Å². The fourth-order valence-electron chi connectivity index (χ4n) is 1.74. The molecule has 2 aromatic rings. The lowest BCUT2D eigenvalue weighted by Gasteiger charge is -2.14. The Morgan fingerprint density at radius 1 is 1.42 bits per heavy atom. The molecule has 0 amide bonds. The van der Waals surface area contributed by atoms with Crippen molar-refractivity contribution in [3.63, 3.8) is 0 Å². The maximum atomic E-state index is 10.5. The topological polar surface area (TPSA) is 39.2 Å². The number of carbonyl (C=O) groups is 1. The van der Waals surface area contributed by atoms with E-state index in [1.54, 1.807) is 6.20 Å². The second kappa shape index (κ2) is 6.48. The highest BCUT2D eigenvalue weighted by Crippen LogP contribution is 2.37. The third kappa shape index (κ3) is 3.34. The van der Waals surface area contributed by atoms with E-state index < -0.39 is 0 Å². The van der Waals surface area contributed by atoms with Gasteiger partial charge in [-0.2, -0.15) is 0 Å². The van der Waals surface area contributed by atoms with E-state index in [1.807, 2.05) is 25.1 Å². The molecule has 1 aromatic heterocycles. The lowest BCUT2D eigenvalue weighted by molar-refractivity contribution is -0.108. The number of nitrogens with zero attached hydrogens (tertiary/aromatic N) is 1. The summed E-state index contributed by atoms with van der Waals surface area (Å²) in [5.74, 6) is 0.906. The molecule has 19 heavy (non-hydrogen) atoms. The summed E-state index contributed by atoms with van der Waals surface area (Å²) in [5, 5.41) is 1.00. The van der Waals surface area contributed by atoms with Gasteiger partial charge in [-0.25, -0.2) is 0 Å². The summed E-state index contributed by atoms with van der Waals surface area (Å²) < 4.78 is 7.65. The van der Waals surface area contributed by atoms with Gasteiger partial charge >= 0.3 is 0 Å². The number of ether oxygens (including phenoxy) is 1. The fourth-order valence-corrected chi connectivity index (χ4v) is 3.13. The normalized spacial score (nSPS) is 12.4. The molecule has 0 spiro atoms. The predicted molar refractivity (Wildman–Crippen MR) is 82.5 cm³/mol. The van der Waals surface area contributed by atoms with Crippen LogP contribution in [0, 0.1) is 5.92 Å². The van der Waals surface area contributed by atoms with Gasteiger partial charge in [-0.05, 0) is 34.0 Å². The third-order valence-electron chi connectivity index (χ3n) is 2.76. The van der Waals surface area contributed by atoms with Crippen molar-refractivity contribution in [3.8, 4) is 5.75 Å². The number of pyridine rings is 1. The van der Waals surface area contributed by atoms with Crippen LogP contribution in [0.4, 0.5) is 0 Å². The van der Waals surface area contributed by atoms with Crippen LogP contribution in [0.5, 0.6) is 5.75 Å². The first-order chi connectivity index (χ1) is 9.13. The lowest BCUT2D eigenvalue weighted by Crippen LogP contribution is -2.09. The highest BCUT2D eigenvalue weighted by atomic mass is 79.9. The van der Waals surface area contributed by atoms with Crippen molar-refractivity contribution in [2.24, 2.45) is 5.92 Å². The summed E-state index contributed by atoms with van der Waals surface area (Å²) in [5.41, 5.74) is 0.807. The van der Waals surface area contributed by atoms with E-state index in [0.29, 0.717) is 13.0 Å². The Balaban J connectivity index is 2.34. The molecule has 0 fully saturated rings. The molecule has 3 nitrogen and oxygen atoms in total. The molecule has 1 unspecified atom stereocenters. The number of aromatic nitrogens is 1. The van der Waals surface area contributed by atoms with Gasteiger partial charge in [0.2, 0.25) is 0 Å². The molecule has 1 heterocycles. The third-order valence-corrected chi connectivity index (χ3v) is 4.01. The zero-order chi connectivity index (χ0) is 13.8. The van der Waals surface area contributed by atoms with Gasteiger partial charge in [-0.3, -0.25) is 4.98 Å². The number of hydrogen-bond acceptors (Lipinski definition) is 3. The van der Waals surface area contributed by atoms with Gasteiger partial charge in [0.05, 0.1) is 11.1 Å². The van der Waals surface area contributed by atoms with Crippen molar-refractivity contribution < 1.29 is 9.53 Å². The van der Waals surface area contributed by atoms with Crippen molar-refractivity contribution in [1.82, 2.24) is 4.98 Å². The number of aldehydes is 1. The molecule has 0 radical (unpaired) electrons. The highest BCUT2D eigenvalue weighted by molar-refractivity contribution is 9.11. The Hall–Kier alpha value is -0.940. The van der Waals surface area contributed by atoms with Gasteiger partial charge in [0.25, 0.3) is 0 Å². The molecule has 0 N–H and O–H groups in total. The van der Waals surface area contributed by atoms with Crippen molar-refractivity contribution in [2.75, 3.05) is 6.61 Å². The first-order valence-electron chi connectivity index (χ1n) is 5.92. The SMILES string of the molecule is CC(CC=O)COc1c(Br)cc(Br)c2cccnc12. The number of hydrogen-bond donors (Lipinski definition) is 0.